The number of anilines is 2. The van der Waals surface area contributed by atoms with E-state index in [0.717, 1.165) is 65.9 Å². The molecule has 7 rings (SSSR count). The summed E-state index contributed by atoms with van der Waals surface area (Å²) in [7, 11) is 0. The normalized spacial score (nSPS) is 28.0. The summed E-state index contributed by atoms with van der Waals surface area (Å²) in [5.74, 6) is 2.36. The molecule has 35 heavy (non-hydrogen) atoms. The maximum atomic E-state index is 13.2. The molecule has 0 aromatic heterocycles. The molecule has 0 saturated heterocycles. The number of fused-ring (bicyclic) bond motifs is 1. The molecular formula is C29H33N3O3. The summed E-state index contributed by atoms with van der Waals surface area (Å²) in [4.78, 5) is 39.5. The van der Waals surface area contributed by atoms with Crippen LogP contribution in [0.15, 0.2) is 42.5 Å². The Labute approximate surface area is 206 Å². The van der Waals surface area contributed by atoms with Gasteiger partial charge in [0, 0.05) is 42.4 Å². The Morgan fingerprint density at radius 3 is 2.23 bits per heavy atom. The van der Waals surface area contributed by atoms with Crippen molar-refractivity contribution in [3.63, 3.8) is 0 Å². The Kier molecular flexibility index (Phi) is 5.42. The van der Waals surface area contributed by atoms with Crippen molar-refractivity contribution in [2.45, 2.75) is 58.4 Å². The molecule has 0 radical (unpaired) electrons. The van der Waals surface area contributed by atoms with Gasteiger partial charge in [-0.1, -0.05) is 12.1 Å². The summed E-state index contributed by atoms with van der Waals surface area (Å²) < 4.78 is 0. The standard InChI is InChI=1S/C29H33N3O3/c1-18(33)32-9-8-24-13-25(6-7-26(24)32)31-27(34)23-4-2-19(3-5-23)17-30-28(35)29-14-20-10-21(15-29)12-22(11-20)16-29/h2-7,13,20-22H,8-12,14-17H2,1H3,(H,30,35)(H,31,34). The predicted molar refractivity (Wildman–Crippen MR) is 135 cm³/mol. The minimum absolute atomic E-state index is 0.0368. The number of amides is 3. The van der Waals surface area contributed by atoms with E-state index in [-0.39, 0.29) is 23.1 Å². The number of benzene rings is 2. The molecule has 6 heteroatoms. The Hall–Kier alpha value is -3.15. The van der Waals surface area contributed by atoms with Gasteiger partial charge >= 0.3 is 0 Å². The molecule has 182 valence electrons. The van der Waals surface area contributed by atoms with Crippen LogP contribution in [0, 0.1) is 23.2 Å². The summed E-state index contributed by atoms with van der Waals surface area (Å²) in [6.45, 7) is 2.76. The minimum atomic E-state index is -0.171. The first-order valence-corrected chi connectivity index (χ1v) is 13.0. The van der Waals surface area contributed by atoms with Gasteiger partial charge in [0.1, 0.15) is 0 Å². The van der Waals surface area contributed by atoms with Gasteiger partial charge in [-0.25, -0.2) is 0 Å². The second-order valence-corrected chi connectivity index (χ2v) is 11.3. The zero-order valence-electron chi connectivity index (χ0n) is 20.3. The number of carbonyl (C=O) groups is 3. The highest BCUT2D eigenvalue weighted by Gasteiger charge is 2.54. The smallest absolute Gasteiger partial charge is 0.255 e. The second kappa shape index (κ2) is 8.51. The van der Waals surface area contributed by atoms with Crippen molar-refractivity contribution in [3.8, 4) is 0 Å². The van der Waals surface area contributed by atoms with Gasteiger partial charge in [-0.15, -0.1) is 0 Å². The summed E-state index contributed by atoms with van der Waals surface area (Å²) in [6, 6.07) is 13.1. The summed E-state index contributed by atoms with van der Waals surface area (Å²) >= 11 is 0. The molecule has 4 bridgehead atoms. The third kappa shape index (κ3) is 4.13. The fourth-order valence-corrected chi connectivity index (χ4v) is 7.54. The molecule has 0 unspecified atom stereocenters. The average Bonchev–Trinajstić information content (AvgIpc) is 3.25. The van der Waals surface area contributed by atoms with E-state index in [1.807, 2.05) is 42.5 Å². The van der Waals surface area contributed by atoms with Crippen molar-refractivity contribution < 1.29 is 14.4 Å². The van der Waals surface area contributed by atoms with Crippen molar-refractivity contribution >= 4 is 29.1 Å². The van der Waals surface area contributed by atoms with E-state index < -0.39 is 0 Å². The zero-order chi connectivity index (χ0) is 24.2. The number of nitrogens with one attached hydrogen (secondary N) is 2. The minimum Gasteiger partial charge on any atom is -0.352 e. The fourth-order valence-electron chi connectivity index (χ4n) is 7.54. The van der Waals surface area contributed by atoms with Crippen LogP contribution in [0.3, 0.4) is 0 Å². The van der Waals surface area contributed by atoms with E-state index in [1.165, 1.54) is 19.3 Å². The number of hydrogen-bond acceptors (Lipinski definition) is 3. The van der Waals surface area contributed by atoms with Crippen molar-refractivity contribution in [2.75, 3.05) is 16.8 Å². The van der Waals surface area contributed by atoms with Crippen LogP contribution in [0.25, 0.3) is 0 Å². The van der Waals surface area contributed by atoms with Gasteiger partial charge in [-0.3, -0.25) is 14.4 Å². The molecule has 6 nitrogen and oxygen atoms in total. The molecule has 2 aromatic rings. The van der Waals surface area contributed by atoms with Crippen molar-refractivity contribution in [1.29, 1.82) is 0 Å². The molecule has 4 saturated carbocycles. The molecule has 2 aromatic carbocycles. The van der Waals surface area contributed by atoms with Crippen molar-refractivity contribution in [2.24, 2.45) is 23.2 Å². The molecule has 1 aliphatic heterocycles. The van der Waals surface area contributed by atoms with Gasteiger partial charge in [0.05, 0.1) is 0 Å². The van der Waals surface area contributed by atoms with Gasteiger partial charge in [0.15, 0.2) is 0 Å². The Bertz CT molecular complexity index is 1150. The van der Waals surface area contributed by atoms with Gasteiger partial charge in [0.2, 0.25) is 11.8 Å². The maximum absolute atomic E-state index is 13.2. The molecular weight excluding hydrogens is 438 g/mol. The van der Waals surface area contributed by atoms with Crippen LogP contribution >= 0.6 is 0 Å². The lowest BCUT2D eigenvalue weighted by Gasteiger charge is -2.55. The van der Waals surface area contributed by atoms with Crippen LogP contribution in [-0.2, 0) is 22.6 Å². The molecule has 4 aliphatic carbocycles. The van der Waals surface area contributed by atoms with E-state index >= 15 is 0 Å². The number of carbonyl (C=O) groups excluding carboxylic acids is 3. The molecule has 0 spiro atoms. The molecule has 3 amide bonds. The highest BCUT2D eigenvalue weighted by Crippen LogP contribution is 2.60. The predicted octanol–water partition coefficient (Wildman–Crippen LogP) is 4.68. The summed E-state index contributed by atoms with van der Waals surface area (Å²) in [6.07, 6.45) is 8.00. The highest BCUT2D eigenvalue weighted by molar-refractivity contribution is 6.04. The monoisotopic (exact) mass is 471 g/mol. The van der Waals surface area contributed by atoms with Crippen LogP contribution in [0.2, 0.25) is 0 Å². The third-order valence-electron chi connectivity index (χ3n) is 8.80. The van der Waals surface area contributed by atoms with Crippen LogP contribution in [-0.4, -0.2) is 24.3 Å². The largest absolute Gasteiger partial charge is 0.352 e. The lowest BCUT2D eigenvalue weighted by molar-refractivity contribution is -0.146. The lowest BCUT2D eigenvalue weighted by Crippen LogP contribution is -2.53. The van der Waals surface area contributed by atoms with Crippen LogP contribution in [0.1, 0.15) is 66.9 Å². The molecule has 0 atom stereocenters. The van der Waals surface area contributed by atoms with E-state index in [0.29, 0.717) is 18.7 Å². The van der Waals surface area contributed by atoms with Gasteiger partial charge in [-0.05, 0) is 104 Å². The van der Waals surface area contributed by atoms with Crippen LogP contribution < -0.4 is 15.5 Å². The van der Waals surface area contributed by atoms with Crippen molar-refractivity contribution in [1.82, 2.24) is 5.32 Å². The van der Waals surface area contributed by atoms with E-state index in [9.17, 15) is 14.4 Å². The summed E-state index contributed by atoms with van der Waals surface area (Å²) in [5.41, 5.74) is 4.17. The fraction of sp³-hybridized carbons (Fsp3) is 0.483. The summed E-state index contributed by atoms with van der Waals surface area (Å²) in [5, 5.41) is 6.18. The molecule has 2 N–H and O–H groups in total. The SMILES string of the molecule is CC(=O)N1CCc2cc(NC(=O)c3ccc(CNC(=O)C45CC6CC(CC(C6)C4)C5)cc3)ccc21. The maximum Gasteiger partial charge on any atom is 0.255 e. The van der Waals surface area contributed by atoms with Crippen molar-refractivity contribution in [3.05, 3.63) is 59.2 Å². The third-order valence-corrected chi connectivity index (χ3v) is 8.80. The first-order valence-electron chi connectivity index (χ1n) is 13.0. The van der Waals surface area contributed by atoms with E-state index in [1.54, 1.807) is 11.8 Å². The zero-order valence-corrected chi connectivity index (χ0v) is 20.3. The van der Waals surface area contributed by atoms with Gasteiger partial charge in [-0.2, -0.15) is 0 Å². The lowest BCUT2D eigenvalue weighted by atomic mass is 9.49. The highest BCUT2D eigenvalue weighted by atomic mass is 16.2. The molecule has 4 fully saturated rings. The first-order chi connectivity index (χ1) is 16.9. The van der Waals surface area contributed by atoms with E-state index in [4.69, 9.17) is 0 Å². The van der Waals surface area contributed by atoms with Crippen LogP contribution in [0.5, 0.6) is 0 Å². The second-order valence-electron chi connectivity index (χ2n) is 11.3. The average molecular weight is 472 g/mol. The Balaban J connectivity index is 1.06. The van der Waals surface area contributed by atoms with Gasteiger partial charge in [0.25, 0.3) is 5.91 Å². The number of hydrogen-bond donors (Lipinski definition) is 2. The molecule has 1 heterocycles. The van der Waals surface area contributed by atoms with Gasteiger partial charge < -0.3 is 15.5 Å². The quantitative estimate of drug-likeness (QED) is 0.665. The number of rotatable bonds is 5. The topological polar surface area (TPSA) is 78.5 Å². The Morgan fingerprint density at radius 2 is 1.60 bits per heavy atom. The first kappa shape index (κ1) is 22.3. The van der Waals surface area contributed by atoms with Crippen LogP contribution in [0.4, 0.5) is 11.4 Å². The Morgan fingerprint density at radius 1 is 0.943 bits per heavy atom. The van der Waals surface area contributed by atoms with E-state index in [2.05, 4.69) is 10.6 Å². The number of nitrogens with zero attached hydrogens (tertiary/aromatic N) is 1. The molecule has 5 aliphatic rings.